The minimum atomic E-state index is -0.817. The van der Waals surface area contributed by atoms with Crippen LogP contribution in [-0.2, 0) is 16.0 Å². The van der Waals surface area contributed by atoms with Gasteiger partial charge in [-0.1, -0.05) is 19.1 Å². The predicted octanol–water partition coefficient (Wildman–Crippen LogP) is 3.51. The van der Waals surface area contributed by atoms with Gasteiger partial charge in [-0.15, -0.1) is 11.3 Å². The zero-order valence-corrected chi connectivity index (χ0v) is 14.7. The number of aromatic nitrogens is 1. The second kappa shape index (κ2) is 7.76. The van der Waals surface area contributed by atoms with Crippen molar-refractivity contribution in [3.63, 3.8) is 0 Å². The number of carbonyl (C=O) groups is 2. The van der Waals surface area contributed by atoms with Crippen molar-refractivity contribution in [1.82, 2.24) is 4.98 Å². The minimum absolute atomic E-state index is 0.0158. The summed E-state index contributed by atoms with van der Waals surface area (Å²) < 4.78 is 5.59. The summed E-state index contributed by atoms with van der Waals surface area (Å²) in [5.74, 6) is -1.51. The Morgan fingerprint density at radius 1 is 1.40 bits per heavy atom. The lowest BCUT2D eigenvalue weighted by Crippen LogP contribution is -2.13. The first-order valence-corrected chi connectivity index (χ1v) is 9.11. The van der Waals surface area contributed by atoms with Crippen molar-refractivity contribution in [3.8, 4) is 0 Å². The third kappa shape index (κ3) is 4.43. The third-order valence-corrected chi connectivity index (χ3v) is 5.07. The van der Waals surface area contributed by atoms with E-state index in [1.165, 1.54) is 11.3 Å². The normalized spacial score (nSPS) is 18.0. The summed E-state index contributed by atoms with van der Waals surface area (Å²) in [7, 11) is 0. The number of carboxylic acid groups (broad SMARTS) is 1. The van der Waals surface area contributed by atoms with Crippen LogP contribution in [0.1, 0.15) is 46.9 Å². The molecule has 1 aromatic carbocycles. The molecular weight excluding hydrogens is 340 g/mol. The molecule has 2 heterocycles. The van der Waals surface area contributed by atoms with E-state index < -0.39 is 11.9 Å². The summed E-state index contributed by atoms with van der Waals surface area (Å²) in [5.41, 5.74) is 1.96. The molecule has 1 amide bonds. The second-order valence-electron chi connectivity index (χ2n) is 6.17. The molecule has 2 aromatic rings. The molecule has 0 aliphatic carbocycles. The molecule has 1 fully saturated rings. The van der Waals surface area contributed by atoms with E-state index in [9.17, 15) is 9.59 Å². The van der Waals surface area contributed by atoms with Gasteiger partial charge in [0.2, 0.25) is 0 Å². The number of carbonyl (C=O) groups excluding carboxylic acids is 1. The monoisotopic (exact) mass is 360 g/mol. The van der Waals surface area contributed by atoms with Gasteiger partial charge in [-0.05, 0) is 37.0 Å². The van der Waals surface area contributed by atoms with Gasteiger partial charge in [0, 0.05) is 17.7 Å². The number of nitrogens with one attached hydrogen (secondary N) is 1. The Balaban J connectivity index is 1.60. The maximum atomic E-state index is 12.3. The van der Waals surface area contributed by atoms with Gasteiger partial charge >= 0.3 is 5.97 Å². The number of hydrogen-bond acceptors (Lipinski definition) is 5. The highest BCUT2D eigenvalue weighted by molar-refractivity contribution is 7.09. The van der Waals surface area contributed by atoms with Crippen LogP contribution < -0.4 is 5.32 Å². The number of ether oxygens (including phenoxy) is 1. The molecule has 3 rings (SSSR count). The number of anilines is 1. The van der Waals surface area contributed by atoms with Gasteiger partial charge in [0.15, 0.2) is 0 Å². The number of rotatable bonds is 6. The highest BCUT2D eigenvalue weighted by Crippen LogP contribution is 2.30. The number of hydrogen-bond donors (Lipinski definition) is 2. The zero-order chi connectivity index (χ0) is 17.8. The maximum Gasteiger partial charge on any atom is 0.306 e. The van der Waals surface area contributed by atoms with Crippen molar-refractivity contribution in [3.05, 3.63) is 45.9 Å². The number of nitrogens with zero attached hydrogens (tertiary/aromatic N) is 1. The number of benzene rings is 1. The van der Waals surface area contributed by atoms with E-state index in [4.69, 9.17) is 9.84 Å². The average molecular weight is 360 g/mol. The largest absolute Gasteiger partial charge is 0.481 e. The first-order valence-electron chi connectivity index (χ1n) is 8.23. The molecule has 2 atom stereocenters. The molecular formula is C18H20N2O4S. The highest BCUT2D eigenvalue weighted by atomic mass is 32.1. The lowest BCUT2D eigenvalue weighted by molar-refractivity contribution is -0.141. The van der Waals surface area contributed by atoms with Gasteiger partial charge in [-0.25, -0.2) is 4.98 Å². The van der Waals surface area contributed by atoms with Crippen molar-refractivity contribution in [2.75, 3.05) is 11.9 Å². The summed E-state index contributed by atoms with van der Waals surface area (Å²) in [6.45, 7) is 2.42. The van der Waals surface area contributed by atoms with E-state index in [2.05, 4.69) is 10.3 Å². The molecule has 0 saturated carbocycles. The standard InChI is InChI=1S/C18H20N2O4S/c1-11(18(22)23)9-12-4-6-13(7-5-12)19-16(21)14-10-25-17(20-14)15-3-2-8-24-15/h4-7,10-11,15H,2-3,8-9H2,1H3,(H,19,21)(H,22,23). The molecule has 25 heavy (non-hydrogen) atoms. The highest BCUT2D eigenvalue weighted by Gasteiger charge is 2.22. The van der Waals surface area contributed by atoms with Crippen LogP contribution in [0.2, 0.25) is 0 Å². The smallest absolute Gasteiger partial charge is 0.306 e. The van der Waals surface area contributed by atoms with Gasteiger partial charge in [-0.3, -0.25) is 9.59 Å². The molecule has 6 nitrogen and oxygen atoms in total. The quantitative estimate of drug-likeness (QED) is 0.823. The summed E-state index contributed by atoms with van der Waals surface area (Å²) in [6, 6.07) is 7.20. The molecule has 2 unspecified atom stereocenters. The van der Waals surface area contributed by atoms with Crippen LogP contribution in [0, 0.1) is 5.92 Å². The Morgan fingerprint density at radius 2 is 2.16 bits per heavy atom. The lowest BCUT2D eigenvalue weighted by Gasteiger charge is -2.08. The van der Waals surface area contributed by atoms with Crippen molar-refractivity contribution in [2.24, 2.45) is 5.92 Å². The second-order valence-corrected chi connectivity index (χ2v) is 7.06. The van der Waals surface area contributed by atoms with Crippen LogP contribution in [-0.4, -0.2) is 28.6 Å². The zero-order valence-electron chi connectivity index (χ0n) is 13.9. The van der Waals surface area contributed by atoms with E-state index >= 15 is 0 Å². The Kier molecular flexibility index (Phi) is 5.45. The Bertz CT molecular complexity index is 751. The van der Waals surface area contributed by atoms with E-state index in [1.807, 2.05) is 12.1 Å². The van der Waals surface area contributed by atoms with Crippen LogP contribution in [0.4, 0.5) is 5.69 Å². The Hall–Kier alpha value is -2.25. The Labute approximate surface area is 149 Å². The third-order valence-electron chi connectivity index (χ3n) is 4.13. The van der Waals surface area contributed by atoms with Gasteiger partial charge in [0.25, 0.3) is 5.91 Å². The SMILES string of the molecule is CC(Cc1ccc(NC(=O)c2csc(C3CCCO3)n2)cc1)C(=O)O. The number of amides is 1. The van der Waals surface area contributed by atoms with Gasteiger partial charge in [0.05, 0.1) is 5.92 Å². The van der Waals surface area contributed by atoms with Gasteiger partial charge in [-0.2, -0.15) is 0 Å². The molecule has 7 heteroatoms. The molecule has 0 radical (unpaired) electrons. The molecule has 2 N–H and O–H groups in total. The van der Waals surface area contributed by atoms with Crippen molar-refractivity contribution in [2.45, 2.75) is 32.3 Å². The molecule has 0 spiro atoms. The predicted molar refractivity (Wildman–Crippen MR) is 94.9 cm³/mol. The molecule has 132 valence electrons. The van der Waals surface area contributed by atoms with E-state index in [1.54, 1.807) is 24.4 Å². The van der Waals surface area contributed by atoms with Gasteiger partial charge < -0.3 is 15.2 Å². The number of aliphatic carboxylic acids is 1. The fourth-order valence-corrected chi connectivity index (χ4v) is 3.55. The van der Waals surface area contributed by atoms with Crippen molar-refractivity contribution >= 4 is 28.9 Å². The van der Waals surface area contributed by atoms with Crippen LogP contribution in [0.25, 0.3) is 0 Å². The number of thiazole rings is 1. The average Bonchev–Trinajstić information content (AvgIpc) is 3.27. The van der Waals surface area contributed by atoms with E-state index in [0.29, 0.717) is 17.8 Å². The van der Waals surface area contributed by atoms with Crippen LogP contribution in [0.3, 0.4) is 0 Å². The summed E-state index contributed by atoms with van der Waals surface area (Å²) in [6.07, 6.45) is 2.45. The number of carboxylic acids is 1. The lowest BCUT2D eigenvalue weighted by atomic mass is 10.0. The minimum Gasteiger partial charge on any atom is -0.481 e. The fourth-order valence-electron chi connectivity index (χ4n) is 2.67. The van der Waals surface area contributed by atoms with Gasteiger partial charge in [0.1, 0.15) is 16.8 Å². The molecule has 1 aromatic heterocycles. The summed E-state index contributed by atoms with van der Waals surface area (Å²) in [4.78, 5) is 27.6. The van der Waals surface area contributed by atoms with Crippen molar-refractivity contribution < 1.29 is 19.4 Å². The Morgan fingerprint density at radius 3 is 2.80 bits per heavy atom. The van der Waals surface area contributed by atoms with E-state index in [-0.39, 0.29) is 12.0 Å². The topological polar surface area (TPSA) is 88.5 Å². The molecule has 0 bridgehead atoms. The molecule has 1 aliphatic rings. The van der Waals surface area contributed by atoms with Crippen LogP contribution in [0.15, 0.2) is 29.6 Å². The van der Waals surface area contributed by atoms with Crippen LogP contribution >= 0.6 is 11.3 Å². The summed E-state index contributed by atoms with van der Waals surface area (Å²) >= 11 is 1.45. The van der Waals surface area contributed by atoms with Crippen LogP contribution in [0.5, 0.6) is 0 Å². The maximum absolute atomic E-state index is 12.3. The fraction of sp³-hybridized carbons (Fsp3) is 0.389. The molecule has 1 saturated heterocycles. The first kappa shape index (κ1) is 17.6. The summed E-state index contributed by atoms with van der Waals surface area (Å²) in [5, 5.41) is 14.4. The van der Waals surface area contributed by atoms with Crippen molar-refractivity contribution in [1.29, 1.82) is 0 Å². The first-order chi connectivity index (χ1) is 12.0. The van der Waals surface area contributed by atoms with E-state index in [0.717, 1.165) is 30.0 Å². The molecule has 1 aliphatic heterocycles.